The Balaban J connectivity index is 0.000000246. The number of anilines is 2. The molecule has 12 bridgehead atoms. The van der Waals surface area contributed by atoms with E-state index < -0.39 is 100 Å². The molecule has 35 nitrogen and oxygen atoms in total. The Hall–Kier alpha value is -12.7. The fraction of sp³-hybridized carbons (Fsp3) is 0.447. The van der Waals surface area contributed by atoms with Crippen LogP contribution in [0.4, 0.5) is 21.0 Å². The number of nitrogens with zero attached hydrogens (tertiary/aromatic N) is 6. The monoisotopic (exact) mass is 2090 g/mol. The summed E-state index contributed by atoms with van der Waals surface area (Å²) in [7, 11) is 0. The molecule has 3 aromatic carbocycles. The molecule has 8 amide bonds. The van der Waals surface area contributed by atoms with Crippen molar-refractivity contribution in [2.45, 2.75) is 259 Å². The third-order valence-electron chi connectivity index (χ3n) is 21.2. The topological polar surface area (TPSA) is 494 Å². The second-order valence-electron chi connectivity index (χ2n) is 37.4. The minimum absolute atomic E-state index is 0.00373. The lowest BCUT2D eigenvalue weighted by Gasteiger charge is -2.27. The number of amides is 8. The molecule has 41 heteroatoms. The number of Topliss-reactive ketones (excluding diaryl/α,β-unsaturated/α-hetero) is 3. The zero-order valence-corrected chi connectivity index (χ0v) is 88.9. The van der Waals surface area contributed by atoms with Crippen LogP contribution in [0.3, 0.4) is 0 Å². The number of carboxylic acid groups (broad SMARTS) is 1. The summed E-state index contributed by atoms with van der Waals surface area (Å²) >= 11 is 8.56. The zero-order chi connectivity index (χ0) is 107. The molecule has 6 aliphatic heterocycles. The number of hydrogen-bond donors (Lipinski definition) is 9. The van der Waals surface area contributed by atoms with Crippen molar-refractivity contribution in [1.29, 1.82) is 0 Å². The third-order valence-corrected chi connectivity index (χ3v) is 27.6. The first-order chi connectivity index (χ1) is 67.9. The maximum atomic E-state index is 13.3. The molecule has 774 valence electrons. The number of carboxylic acids is 1. The molecule has 6 aromatic rings. The number of aromatic nitrogens is 3. The zero-order valence-electron chi connectivity index (χ0n) is 84.0. The van der Waals surface area contributed by atoms with Crippen LogP contribution in [0.25, 0.3) is 0 Å². The lowest BCUT2D eigenvalue weighted by molar-refractivity contribution is -0.154. The van der Waals surface area contributed by atoms with Crippen LogP contribution in [0.1, 0.15) is 203 Å². The molecule has 9 atom stereocenters. The van der Waals surface area contributed by atoms with E-state index in [4.69, 9.17) is 28.8 Å². The summed E-state index contributed by atoms with van der Waals surface area (Å²) in [6, 6.07) is 19.5. The predicted molar refractivity (Wildman–Crippen MR) is 564 cm³/mol. The Morgan fingerprint density at radius 3 is 1.07 bits per heavy atom. The van der Waals surface area contributed by atoms with Gasteiger partial charge in [0, 0.05) is 83.3 Å². The number of thiazole rings is 3. The fourth-order valence-corrected chi connectivity index (χ4v) is 19.2. The number of aliphatic carboxylic acids is 1. The average Bonchev–Trinajstić information content (AvgIpc) is 1.66. The molecular weight excluding hydrogens is 1960 g/mol. The van der Waals surface area contributed by atoms with Gasteiger partial charge in [-0.15, -0.1) is 89.0 Å². The van der Waals surface area contributed by atoms with Crippen LogP contribution in [0.5, 0.6) is 0 Å². The number of carbonyl (C=O) groups is 15. The van der Waals surface area contributed by atoms with Crippen molar-refractivity contribution in [3.05, 3.63) is 219 Å². The summed E-state index contributed by atoms with van der Waals surface area (Å²) in [5.74, 6) is -3.87. The number of aliphatic imine (C=N–C) groups is 3. The molecule has 0 spiro atoms. The SMILES string of the molecule is C=CC1CC(=O)NCc2nc(cs2)C2=N[C@@](C)(CS2)C(=O)N[C@@H](C(C)C)C(=O)O1.C=CC1CC(=O)NCc2nc(cs2)C2=N[C@@](C)(CS2)C(=O)N[C@@H](C(C)C)C(=O)O1.C=CCC(=O)Cc1ccccc1NC(=O)OC(C)(C)C.C=CCC(=O)Cc1ccccc1NC(=O)OC(C)(C)C.C=CCC(=O)O.Cc1ccccc1CC(=O)C/C=C/C1CC(=O)NCc2nc(cs2)C2=N[C@@](C)(CS2)C(=O)N[C@@H](C(C)C)C(=O)O1. The molecule has 0 saturated carbocycles. The number of aryl methyl sites for hydroxylation is 1. The van der Waals surface area contributed by atoms with E-state index in [1.807, 2.05) is 113 Å². The van der Waals surface area contributed by atoms with Crippen LogP contribution in [0.15, 0.2) is 179 Å². The molecule has 9 heterocycles. The molecule has 0 saturated heterocycles. The Kier molecular flexibility index (Phi) is 46.0. The van der Waals surface area contributed by atoms with Crippen LogP contribution in [0.2, 0.25) is 0 Å². The average molecular weight is 2090 g/mol. The van der Waals surface area contributed by atoms with E-state index in [2.05, 4.69) is 105 Å². The van der Waals surface area contributed by atoms with Gasteiger partial charge in [-0.1, -0.05) is 152 Å². The number of allylic oxidation sites excluding steroid dienone is 3. The van der Waals surface area contributed by atoms with Crippen molar-refractivity contribution in [1.82, 2.24) is 46.9 Å². The van der Waals surface area contributed by atoms with Gasteiger partial charge in [0.05, 0.1) is 45.3 Å². The minimum atomic E-state index is -1.06. The highest BCUT2D eigenvalue weighted by Gasteiger charge is 2.46. The van der Waals surface area contributed by atoms with E-state index in [1.54, 1.807) is 111 Å². The summed E-state index contributed by atoms with van der Waals surface area (Å²) in [6.45, 7) is 47.2. The molecule has 0 fully saturated rings. The molecule has 12 rings (SSSR count). The third kappa shape index (κ3) is 38.8. The van der Waals surface area contributed by atoms with Crippen LogP contribution < -0.4 is 42.5 Å². The van der Waals surface area contributed by atoms with Gasteiger partial charge in [0.1, 0.15) is 129 Å². The fourth-order valence-electron chi connectivity index (χ4n) is 13.4. The number of ether oxygens (including phenoxy) is 5. The second kappa shape index (κ2) is 56.0. The van der Waals surface area contributed by atoms with E-state index in [0.29, 0.717) is 85.1 Å². The van der Waals surface area contributed by atoms with Gasteiger partial charge in [-0.2, -0.15) is 0 Å². The molecule has 0 radical (unpaired) electrons. The van der Waals surface area contributed by atoms with E-state index >= 15 is 0 Å². The summed E-state index contributed by atoms with van der Waals surface area (Å²) in [6.07, 6.45) is 8.39. The number of thioether (sulfide) groups is 3. The van der Waals surface area contributed by atoms with Gasteiger partial charge in [0.25, 0.3) is 0 Å². The molecule has 3 unspecified atom stereocenters. The highest BCUT2D eigenvalue weighted by molar-refractivity contribution is 8.15. The van der Waals surface area contributed by atoms with Crippen molar-refractivity contribution in [2.75, 3.05) is 27.9 Å². The molecule has 144 heavy (non-hydrogen) atoms. The summed E-state index contributed by atoms with van der Waals surface area (Å²) < 4.78 is 27.0. The Labute approximate surface area is 864 Å². The highest BCUT2D eigenvalue weighted by Crippen LogP contribution is 2.37. The van der Waals surface area contributed by atoms with Crippen LogP contribution in [-0.2, 0) is 125 Å². The van der Waals surface area contributed by atoms with Gasteiger partial charge < -0.3 is 60.7 Å². The molecule has 3 aromatic heterocycles. The van der Waals surface area contributed by atoms with E-state index in [1.165, 1.54) is 87.5 Å². The Morgan fingerprint density at radius 2 is 0.764 bits per heavy atom. The van der Waals surface area contributed by atoms with Gasteiger partial charge in [-0.3, -0.25) is 73.6 Å². The number of para-hydroxylation sites is 2. The summed E-state index contributed by atoms with van der Waals surface area (Å²) in [4.78, 5) is 212. The molecule has 6 aliphatic rings. The van der Waals surface area contributed by atoms with Gasteiger partial charge in [0.15, 0.2) is 0 Å². The Bertz CT molecular complexity index is 5570. The lowest BCUT2D eigenvalue weighted by atomic mass is 10.00. The number of benzene rings is 3. The van der Waals surface area contributed by atoms with Gasteiger partial charge in [0.2, 0.25) is 35.4 Å². The van der Waals surface area contributed by atoms with Crippen LogP contribution >= 0.6 is 69.3 Å². The number of hydrogen-bond acceptors (Lipinski definition) is 32. The standard InChI is InChI=1S/C29H34N4O5S2.2C19H24N4O4S2.2C16H21NO3.C4H6O2/c1-17(2)25-27(36)38-21(11-7-10-20(34)12-19-9-6-5-8-18(19)3)13-23(35)30-14-24-31-22(15-39-24)26-33-29(4,16-40-26)28(37)32-25;2*1-5-11-6-13(24)20-7-14-21-12(8-28-14)16-23-19(4,9-29-16)18(26)22-15(10(2)3)17(25)27-11;2*1-5-8-13(18)11-12-9-6-7-10-14(12)17-15(19)20-16(2,3)4;1-2-3-4(5)6/h5-9,11,15,17,21,25H,10,12-14,16H2,1-4H3,(H,30,35)(H,32,37);2*5,8,10-11,15H,1,6-7,9H2,2-4H3,(H,20,24)(H,22,26);2*5-7,9-10H,1,8,11H2,2-4H3,(H,17,19);2H,1,3H2,(H,5,6)/b11-7+;;;;;/t21?,25-,29-;2*11?,15-,19-;;;/m000.../s1. The number of rotatable bonds is 22. The number of cyclic esters (lactones) is 3. The maximum Gasteiger partial charge on any atom is 0.412 e. The highest BCUT2D eigenvalue weighted by atomic mass is 32.2. The normalized spacial score (nSPS) is 21.4. The summed E-state index contributed by atoms with van der Waals surface area (Å²) in [5.41, 5.74) is 2.61. The first kappa shape index (κ1) is 118. The number of ketones is 3. The first-order valence-corrected chi connectivity index (χ1v) is 52.1. The summed E-state index contributed by atoms with van der Waals surface area (Å²) in [5, 5.41) is 39.8. The lowest BCUT2D eigenvalue weighted by Crippen LogP contribution is -2.53. The van der Waals surface area contributed by atoms with Gasteiger partial charge in [-0.25, -0.2) is 38.9 Å². The van der Waals surface area contributed by atoms with Crippen molar-refractivity contribution in [2.24, 2.45) is 32.7 Å². The quantitative estimate of drug-likeness (QED) is 0.0173. The Morgan fingerprint density at radius 1 is 0.458 bits per heavy atom. The van der Waals surface area contributed by atoms with Crippen molar-refractivity contribution >= 4 is 185 Å². The number of fused-ring (bicyclic) bond motifs is 12. The predicted octanol–water partition coefficient (Wildman–Crippen LogP) is 14.9. The van der Waals surface area contributed by atoms with Crippen LogP contribution in [0, 0.1) is 24.7 Å². The van der Waals surface area contributed by atoms with E-state index in [9.17, 15) is 71.9 Å². The van der Waals surface area contributed by atoms with E-state index in [0.717, 1.165) is 32.3 Å². The maximum absolute atomic E-state index is 13.3. The van der Waals surface area contributed by atoms with Crippen molar-refractivity contribution in [3.8, 4) is 0 Å². The second-order valence-corrected chi connectivity index (χ2v) is 43.1. The molecule has 0 aliphatic carbocycles. The molecular formula is C103H130N14O21S6. The number of esters is 3. The smallest absolute Gasteiger partial charge is 0.412 e. The first-order valence-electron chi connectivity index (χ1n) is 46.5. The van der Waals surface area contributed by atoms with Gasteiger partial charge >= 0.3 is 36.1 Å². The van der Waals surface area contributed by atoms with Gasteiger partial charge in [-0.05, 0) is 127 Å². The largest absolute Gasteiger partial charge is 0.481 e. The van der Waals surface area contributed by atoms with Crippen molar-refractivity contribution < 1.29 is 101 Å². The molecule has 9 N–H and O–H groups in total. The van der Waals surface area contributed by atoms with Crippen molar-refractivity contribution in [3.63, 3.8) is 0 Å². The number of carbonyl (C=O) groups excluding carboxylic acids is 14. The van der Waals surface area contributed by atoms with E-state index in [-0.39, 0.29) is 135 Å². The number of nitrogens with one attached hydrogen (secondary N) is 8. The minimum Gasteiger partial charge on any atom is -0.481 e. The van der Waals surface area contributed by atoms with Crippen LogP contribution in [-0.4, -0.2) is 206 Å².